The Morgan fingerprint density at radius 3 is 2.80 bits per heavy atom. The van der Waals surface area contributed by atoms with Gasteiger partial charge in [0, 0.05) is 0 Å². The van der Waals surface area contributed by atoms with E-state index >= 15 is 0 Å². The third-order valence-electron chi connectivity index (χ3n) is 4.37. The van der Waals surface area contributed by atoms with Gasteiger partial charge >= 0.3 is 5.97 Å². The van der Waals surface area contributed by atoms with Crippen molar-refractivity contribution in [3.8, 4) is 5.75 Å². The Balaban J connectivity index is 1.72. The molecule has 25 heavy (non-hydrogen) atoms. The molecule has 7 nitrogen and oxygen atoms in total. The number of nitrogen functional groups attached to an aromatic ring is 1. The van der Waals surface area contributed by atoms with E-state index in [1.165, 1.54) is 22.9 Å². The summed E-state index contributed by atoms with van der Waals surface area (Å²) in [5.41, 5.74) is 9.65. The lowest BCUT2D eigenvalue weighted by Crippen LogP contribution is -2.23. The van der Waals surface area contributed by atoms with E-state index in [1.54, 1.807) is 6.92 Å². The maximum absolute atomic E-state index is 12.3. The van der Waals surface area contributed by atoms with Crippen LogP contribution in [0.25, 0.3) is 0 Å². The molecule has 1 heterocycles. The average Bonchev–Trinajstić information content (AvgIpc) is 3.22. The molecule has 0 atom stereocenters. The van der Waals surface area contributed by atoms with E-state index in [2.05, 4.69) is 12.0 Å². The van der Waals surface area contributed by atoms with Crippen molar-refractivity contribution in [2.75, 3.05) is 18.9 Å². The summed E-state index contributed by atoms with van der Waals surface area (Å²) in [5, 5.41) is 3.88. The van der Waals surface area contributed by atoms with Crippen LogP contribution in [0.1, 0.15) is 45.2 Å². The minimum absolute atomic E-state index is 0.0406. The number of ether oxygens (including phenoxy) is 2. The topological polar surface area (TPSA) is 96.4 Å². The van der Waals surface area contributed by atoms with E-state index in [-0.39, 0.29) is 24.6 Å². The molecule has 1 aliphatic rings. The minimum atomic E-state index is -0.601. The zero-order chi connectivity index (χ0) is 18.0. The third-order valence-corrected chi connectivity index (χ3v) is 4.37. The Morgan fingerprint density at radius 1 is 1.28 bits per heavy atom. The first kappa shape index (κ1) is 17.0. The van der Waals surface area contributed by atoms with Crippen LogP contribution in [0.15, 0.2) is 18.3 Å². The quantitative estimate of drug-likeness (QED) is 0.836. The number of hydrogen-bond acceptors (Lipinski definition) is 6. The maximum atomic E-state index is 12.3. The van der Waals surface area contributed by atoms with Gasteiger partial charge in [-0.25, -0.2) is 4.79 Å². The third kappa shape index (κ3) is 3.22. The largest absolute Gasteiger partial charge is 0.483 e. The molecule has 1 aromatic carbocycles. The Hall–Kier alpha value is -2.83. The number of rotatable bonds is 5. The van der Waals surface area contributed by atoms with Gasteiger partial charge in [-0.3, -0.25) is 4.79 Å². The molecule has 132 valence electrons. The van der Waals surface area contributed by atoms with Crippen molar-refractivity contribution in [3.63, 3.8) is 0 Å². The lowest BCUT2D eigenvalue weighted by Gasteiger charge is -2.12. The van der Waals surface area contributed by atoms with Gasteiger partial charge in [0.05, 0.1) is 12.8 Å². The van der Waals surface area contributed by atoms with Gasteiger partial charge in [-0.1, -0.05) is 6.07 Å². The molecule has 7 heteroatoms. The molecule has 0 spiro atoms. The van der Waals surface area contributed by atoms with Gasteiger partial charge in [0.15, 0.2) is 6.61 Å². The summed E-state index contributed by atoms with van der Waals surface area (Å²) in [6.07, 6.45) is 4.33. The predicted molar refractivity (Wildman–Crippen MR) is 91.9 cm³/mol. The van der Waals surface area contributed by atoms with Crippen LogP contribution in [-0.4, -0.2) is 34.9 Å². The van der Waals surface area contributed by atoms with Crippen LogP contribution < -0.4 is 10.5 Å². The van der Waals surface area contributed by atoms with E-state index < -0.39 is 11.9 Å². The summed E-state index contributed by atoms with van der Waals surface area (Å²) < 4.78 is 11.6. The van der Waals surface area contributed by atoms with Crippen molar-refractivity contribution in [2.45, 2.75) is 33.1 Å². The molecule has 0 saturated carbocycles. The van der Waals surface area contributed by atoms with Crippen molar-refractivity contribution in [3.05, 3.63) is 40.6 Å². The summed E-state index contributed by atoms with van der Waals surface area (Å²) in [4.78, 5) is 24.1. The van der Waals surface area contributed by atoms with E-state index in [1.807, 2.05) is 12.1 Å². The van der Waals surface area contributed by atoms with Gasteiger partial charge < -0.3 is 15.2 Å². The van der Waals surface area contributed by atoms with Crippen LogP contribution >= 0.6 is 0 Å². The van der Waals surface area contributed by atoms with Crippen molar-refractivity contribution >= 4 is 17.7 Å². The lowest BCUT2D eigenvalue weighted by atomic mass is 10.0. The second kappa shape index (κ2) is 6.96. The molecule has 0 radical (unpaired) electrons. The molecule has 2 aromatic rings. The Bertz CT molecular complexity index is 826. The Morgan fingerprint density at radius 2 is 2.04 bits per heavy atom. The first-order chi connectivity index (χ1) is 12.0. The minimum Gasteiger partial charge on any atom is -0.483 e. The van der Waals surface area contributed by atoms with E-state index in [0.717, 1.165) is 29.7 Å². The molecule has 0 fully saturated rings. The lowest BCUT2D eigenvalue weighted by molar-refractivity contribution is 0.0527. The van der Waals surface area contributed by atoms with Crippen LogP contribution in [-0.2, 0) is 17.6 Å². The summed E-state index contributed by atoms with van der Waals surface area (Å²) in [5.74, 6) is -0.360. The summed E-state index contributed by atoms with van der Waals surface area (Å²) in [6, 6.07) is 3.90. The molecule has 0 saturated heterocycles. The van der Waals surface area contributed by atoms with E-state index in [0.29, 0.717) is 0 Å². The van der Waals surface area contributed by atoms with Crippen LogP contribution in [0, 0.1) is 6.92 Å². The van der Waals surface area contributed by atoms with E-state index in [4.69, 9.17) is 15.2 Å². The highest BCUT2D eigenvalue weighted by Gasteiger charge is 2.22. The zero-order valence-corrected chi connectivity index (χ0v) is 14.4. The second-order valence-corrected chi connectivity index (χ2v) is 5.95. The number of fused-ring (bicyclic) bond motifs is 1. The number of carbonyl (C=O) groups excluding carboxylic acids is 2. The molecular weight excluding hydrogens is 322 g/mol. The van der Waals surface area contributed by atoms with E-state index in [9.17, 15) is 9.59 Å². The SMILES string of the molecule is CCOC(=O)c1cnn(C(=O)COc2ccc(C)c3c2CCC3)c1N. The molecular formula is C18H21N3O4. The molecule has 0 aliphatic heterocycles. The number of hydrogen-bond donors (Lipinski definition) is 1. The van der Waals surface area contributed by atoms with Crippen molar-refractivity contribution in [1.82, 2.24) is 9.78 Å². The van der Waals surface area contributed by atoms with Gasteiger partial charge in [-0.15, -0.1) is 0 Å². The van der Waals surface area contributed by atoms with Crippen LogP contribution in [0.5, 0.6) is 5.75 Å². The van der Waals surface area contributed by atoms with Gasteiger partial charge in [0.2, 0.25) is 0 Å². The van der Waals surface area contributed by atoms with Gasteiger partial charge in [-0.05, 0) is 55.9 Å². The monoisotopic (exact) mass is 343 g/mol. The average molecular weight is 343 g/mol. The Kier molecular flexibility index (Phi) is 4.74. The van der Waals surface area contributed by atoms with Crippen LogP contribution in [0.4, 0.5) is 5.82 Å². The number of nitrogens with zero attached hydrogens (tertiary/aromatic N) is 2. The molecule has 0 unspecified atom stereocenters. The van der Waals surface area contributed by atoms with Gasteiger partial charge in [0.1, 0.15) is 17.1 Å². The standard InChI is InChI=1S/C18H21N3O4/c1-3-24-18(23)14-9-20-21(17(14)19)16(22)10-25-15-8-7-11(2)12-5-4-6-13(12)15/h7-9H,3-6,10,19H2,1-2H3. The predicted octanol–water partition coefficient (Wildman–Crippen LogP) is 2.16. The van der Waals surface area contributed by atoms with Crippen LogP contribution in [0.3, 0.4) is 0 Å². The molecule has 2 N–H and O–H groups in total. The highest BCUT2D eigenvalue weighted by Crippen LogP contribution is 2.33. The molecule has 0 bridgehead atoms. The maximum Gasteiger partial charge on any atom is 0.343 e. The first-order valence-electron chi connectivity index (χ1n) is 8.31. The molecule has 3 rings (SSSR count). The number of anilines is 1. The van der Waals surface area contributed by atoms with Gasteiger partial charge in [-0.2, -0.15) is 9.78 Å². The number of aromatic nitrogens is 2. The smallest absolute Gasteiger partial charge is 0.343 e. The number of aryl methyl sites for hydroxylation is 1. The van der Waals surface area contributed by atoms with Crippen molar-refractivity contribution in [1.29, 1.82) is 0 Å². The number of benzene rings is 1. The number of esters is 1. The molecule has 1 aromatic heterocycles. The van der Waals surface area contributed by atoms with Crippen LogP contribution in [0.2, 0.25) is 0 Å². The molecule has 0 amide bonds. The summed E-state index contributed by atoms with van der Waals surface area (Å²) in [6.45, 7) is 3.79. The number of carbonyl (C=O) groups is 2. The second-order valence-electron chi connectivity index (χ2n) is 5.95. The number of nitrogens with two attached hydrogens (primary N) is 1. The zero-order valence-electron chi connectivity index (χ0n) is 14.4. The highest BCUT2D eigenvalue weighted by molar-refractivity contribution is 5.96. The summed E-state index contributed by atoms with van der Waals surface area (Å²) in [7, 11) is 0. The van der Waals surface area contributed by atoms with Crippen molar-refractivity contribution in [2.24, 2.45) is 0 Å². The van der Waals surface area contributed by atoms with Gasteiger partial charge in [0.25, 0.3) is 5.91 Å². The fourth-order valence-corrected chi connectivity index (χ4v) is 3.11. The fourth-order valence-electron chi connectivity index (χ4n) is 3.11. The summed E-state index contributed by atoms with van der Waals surface area (Å²) >= 11 is 0. The Labute approximate surface area is 145 Å². The normalized spacial score (nSPS) is 12.7. The fraction of sp³-hybridized carbons (Fsp3) is 0.389. The molecule has 1 aliphatic carbocycles. The first-order valence-corrected chi connectivity index (χ1v) is 8.31. The highest BCUT2D eigenvalue weighted by atomic mass is 16.5. The van der Waals surface area contributed by atoms with Crippen molar-refractivity contribution < 1.29 is 19.1 Å².